The molecule has 0 atom stereocenters. The van der Waals surface area contributed by atoms with Crippen LogP contribution in [0.5, 0.6) is 5.75 Å². The third kappa shape index (κ3) is 4.50. The smallest absolute Gasteiger partial charge is 0.122 e. The van der Waals surface area contributed by atoms with Crippen molar-refractivity contribution in [2.45, 2.75) is 26.8 Å². The van der Waals surface area contributed by atoms with Crippen molar-refractivity contribution < 1.29 is 5.11 Å². The Labute approximate surface area is 133 Å². The molecular weight excluding hydrogens is 272 g/mol. The number of hydrogen-bond acceptors (Lipinski definition) is 3. The van der Waals surface area contributed by atoms with Crippen molar-refractivity contribution in [3.8, 4) is 5.75 Å². The average molecular weight is 298 g/mol. The van der Waals surface area contributed by atoms with Crippen molar-refractivity contribution in [2.24, 2.45) is 0 Å². The van der Waals surface area contributed by atoms with Crippen LogP contribution in [0.4, 0.5) is 5.69 Å². The number of hydrogen-bond donors (Lipinski definition) is 2. The van der Waals surface area contributed by atoms with Crippen LogP contribution in [0.3, 0.4) is 0 Å². The summed E-state index contributed by atoms with van der Waals surface area (Å²) in [5, 5.41) is 13.6. The fourth-order valence-corrected chi connectivity index (χ4v) is 2.59. The maximum Gasteiger partial charge on any atom is 0.122 e. The van der Waals surface area contributed by atoms with E-state index in [0.29, 0.717) is 12.3 Å². The van der Waals surface area contributed by atoms with Gasteiger partial charge in [0.1, 0.15) is 5.75 Å². The molecular formula is C19H26N2O. The van der Waals surface area contributed by atoms with Gasteiger partial charge in [0.05, 0.1) is 0 Å². The van der Waals surface area contributed by atoms with Crippen LogP contribution in [-0.2, 0) is 13.0 Å². The normalized spacial score (nSPS) is 10.6. The van der Waals surface area contributed by atoms with Crippen molar-refractivity contribution in [3.63, 3.8) is 0 Å². The SMILES string of the molecule is CCN(CC)c1ccc(CNCCc2ccccc2)c(O)c1. The van der Waals surface area contributed by atoms with Gasteiger partial charge in [0.25, 0.3) is 0 Å². The van der Waals surface area contributed by atoms with Crippen LogP contribution in [0.25, 0.3) is 0 Å². The molecule has 0 aliphatic rings. The minimum absolute atomic E-state index is 0.372. The van der Waals surface area contributed by atoms with Crippen molar-refractivity contribution >= 4 is 5.69 Å². The lowest BCUT2D eigenvalue weighted by Crippen LogP contribution is -2.22. The van der Waals surface area contributed by atoms with Gasteiger partial charge in [-0.1, -0.05) is 36.4 Å². The first-order valence-electron chi connectivity index (χ1n) is 8.06. The van der Waals surface area contributed by atoms with Crippen LogP contribution in [0.1, 0.15) is 25.0 Å². The molecule has 0 amide bonds. The van der Waals surface area contributed by atoms with E-state index in [4.69, 9.17) is 0 Å². The van der Waals surface area contributed by atoms with Crippen molar-refractivity contribution in [1.82, 2.24) is 5.32 Å². The van der Waals surface area contributed by atoms with E-state index in [0.717, 1.165) is 37.3 Å². The van der Waals surface area contributed by atoms with Gasteiger partial charge in [-0.2, -0.15) is 0 Å². The number of nitrogens with zero attached hydrogens (tertiary/aromatic N) is 1. The largest absolute Gasteiger partial charge is 0.508 e. The lowest BCUT2D eigenvalue weighted by Gasteiger charge is -2.21. The summed E-state index contributed by atoms with van der Waals surface area (Å²) in [6, 6.07) is 16.4. The number of phenolic OH excluding ortho intramolecular Hbond substituents is 1. The van der Waals surface area contributed by atoms with Crippen molar-refractivity contribution in [2.75, 3.05) is 24.5 Å². The summed E-state index contributed by atoms with van der Waals surface area (Å²) >= 11 is 0. The van der Waals surface area contributed by atoms with Gasteiger partial charge in [-0.05, 0) is 38.4 Å². The molecule has 0 aliphatic carbocycles. The highest BCUT2D eigenvalue weighted by atomic mass is 16.3. The molecule has 0 aliphatic heterocycles. The number of aromatic hydroxyl groups is 1. The first-order chi connectivity index (χ1) is 10.7. The van der Waals surface area contributed by atoms with Gasteiger partial charge in [-0.3, -0.25) is 0 Å². The Hall–Kier alpha value is -2.00. The minimum atomic E-state index is 0.372. The molecule has 3 nitrogen and oxygen atoms in total. The number of nitrogens with one attached hydrogen (secondary N) is 1. The second-order valence-corrected chi connectivity index (χ2v) is 5.40. The summed E-state index contributed by atoms with van der Waals surface area (Å²) in [5.41, 5.74) is 3.36. The average Bonchev–Trinajstić information content (AvgIpc) is 2.55. The molecule has 2 aromatic carbocycles. The zero-order valence-corrected chi connectivity index (χ0v) is 13.5. The predicted molar refractivity (Wildman–Crippen MR) is 93.5 cm³/mol. The van der Waals surface area contributed by atoms with E-state index in [1.807, 2.05) is 18.2 Å². The summed E-state index contributed by atoms with van der Waals surface area (Å²) in [4.78, 5) is 2.23. The van der Waals surface area contributed by atoms with Crippen LogP contribution in [0.2, 0.25) is 0 Å². The fourth-order valence-electron chi connectivity index (χ4n) is 2.59. The molecule has 0 heterocycles. The molecule has 0 spiro atoms. The van der Waals surface area contributed by atoms with E-state index in [9.17, 15) is 5.11 Å². The molecule has 0 radical (unpaired) electrons. The van der Waals surface area contributed by atoms with E-state index < -0.39 is 0 Å². The van der Waals surface area contributed by atoms with Gasteiger partial charge < -0.3 is 15.3 Å². The topological polar surface area (TPSA) is 35.5 Å². The lowest BCUT2D eigenvalue weighted by atomic mass is 10.1. The predicted octanol–water partition coefficient (Wildman–Crippen LogP) is 3.57. The monoisotopic (exact) mass is 298 g/mol. The van der Waals surface area contributed by atoms with Crippen molar-refractivity contribution in [3.05, 3.63) is 59.7 Å². The third-order valence-corrected chi connectivity index (χ3v) is 3.95. The molecule has 2 aromatic rings. The van der Waals surface area contributed by atoms with Gasteiger partial charge in [-0.25, -0.2) is 0 Å². The zero-order chi connectivity index (χ0) is 15.8. The van der Waals surface area contributed by atoms with Crippen LogP contribution in [-0.4, -0.2) is 24.7 Å². The zero-order valence-electron chi connectivity index (χ0n) is 13.5. The maximum absolute atomic E-state index is 10.2. The van der Waals surface area contributed by atoms with Crippen LogP contribution in [0, 0.1) is 0 Å². The Bertz CT molecular complexity index is 565. The van der Waals surface area contributed by atoms with Crippen LogP contribution in [0.15, 0.2) is 48.5 Å². The highest BCUT2D eigenvalue weighted by molar-refractivity contribution is 5.53. The lowest BCUT2D eigenvalue weighted by molar-refractivity contribution is 0.464. The highest BCUT2D eigenvalue weighted by Crippen LogP contribution is 2.24. The standard InChI is InChI=1S/C19H26N2O/c1-3-21(4-2)18-11-10-17(19(22)14-18)15-20-13-12-16-8-6-5-7-9-16/h5-11,14,20,22H,3-4,12-13,15H2,1-2H3. The molecule has 0 saturated heterocycles. The fraction of sp³-hybridized carbons (Fsp3) is 0.368. The van der Waals surface area contributed by atoms with Crippen LogP contribution >= 0.6 is 0 Å². The summed E-state index contributed by atoms with van der Waals surface area (Å²) in [5.74, 6) is 0.372. The molecule has 118 valence electrons. The molecule has 0 aromatic heterocycles. The Morgan fingerprint density at radius 2 is 1.73 bits per heavy atom. The number of anilines is 1. The maximum atomic E-state index is 10.2. The Morgan fingerprint density at radius 3 is 2.36 bits per heavy atom. The molecule has 0 saturated carbocycles. The van der Waals surface area contributed by atoms with Crippen LogP contribution < -0.4 is 10.2 Å². The second kappa shape index (κ2) is 8.44. The van der Waals surface area contributed by atoms with Gasteiger partial charge in [0.15, 0.2) is 0 Å². The minimum Gasteiger partial charge on any atom is -0.508 e. The highest BCUT2D eigenvalue weighted by Gasteiger charge is 2.06. The molecule has 0 unspecified atom stereocenters. The number of rotatable bonds is 8. The van der Waals surface area contributed by atoms with E-state index in [2.05, 4.69) is 54.4 Å². The summed E-state index contributed by atoms with van der Waals surface area (Å²) in [7, 11) is 0. The van der Waals surface area contributed by atoms with E-state index in [-0.39, 0.29) is 0 Å². The van der Waals surface area contributed by atoms with E-state index in [1.54, 1.807) is 0 Å². The molecule has 22 heavy (non-hydrogen) atoms. The summed E-state index contributed by atoms with van der Waals surface area (Å²) in [6.45, 7) is 7.74. The Balaban J connectivity index is 1.85. The molecule has 0 fully saturated rings. The molecule has 2 rings (SSSR count). The van der Waals surface area contributed by atoms with Gasteiger partial charge >= 0.3 is 0 Å². The number of phenols is 1. The Morgan fingerprint density at radius 1 is 1.00 bits per heavy atom. The van der Waals surface area contributed by atoms with Gasteiger partial charge in [0, 0.05) is 37.0 Å². The first kappa shape index (κ1) is 16.4. The Kier molecular flexibility index (Phi) is 6.28. The molecule has 3 heteroatoms. The summed E-state index contributed by atoms with van der Waals surface area (Å²) < 4.78 is 0. The van der Waals surface area contributed by atoms with E-state index >= 15 is 0 Å². The molecule has 2 N–H and O–H groups in total. The third-order valence-electron chi connectivity index (χ3n) is 3.95. The van der Waals surface area contributed by atoms with E-state index in [1.165, 1.54) is 5.56 Å². The quantitative estimate of drug-likeness (QED) is 0.731. The second-order valence-electron chi connectivity index (χ2n) is 5.40. The summed E-state index contributed by atoms with van der Waals surface area (Å²) in [6.07, 6.45) is 0.999. The number of benzene rings is 2. The van der Waals surface area contributed by atoms with Gasteiger partial charge in [-0.15, -0.1) is 0 Å². The molecule has 0 bridgehead atoms. The first-order valence-corrected chi connectivity index (χ1v) is 8.06. The van der Waals surface area contributed by atoms with Crippen molar-refractivity contribution in [1.29, 1.82) is 0 Å². The van der Waals surface area contributed by atoms with Gasteiger partial charge in [0.2, 0.25) is 0 Å².